The molecule has 1 N–H and O–H groups in total. The van der Waals surface area contributed by atoms with Crippen LogP contribution in [0.3, 0.4) is 0 Å². The molecule has 1 aromatic heterocycles. The van der Waals surface area contributed by atoms with E-state index in [1.165, 1.54) is 19.6 Å². The van der Waals surface area contributed by atoms with E-state index < -0.39 is 17.0 Å². The molecule has 2 aromatic rings. The maximum Gasteiger partial charge on any atom is 0.337 e. The number of esters is 1. The normalized spacial score (nSPS) is 14.5. The molecule has 5 nitrogen and oxygen atoms in total. The van der Waals surface area contributed by atoms with Crippen molar-refractivity contribution >= 4 is 5.97 Å². The van der Waals surface area contributed by atoms with Crippen LogP contribution in [0.15, 0.2) is 41.1 Å². The number of methoxy groups -OCH3 is 1. The Balaban J connectivity index is 2.51. The van der Waals surface area contributed by atoms with Crippen molar-refractivity contribution in [2.75, 3.05) is 7.11 Å². The number of rotatable bonds is 3. The number of benzene rings is 1. The van der Waals surface area contributed by atoms with E-state index in [0.29, 0.717) is 11.1 Å². The molecule has 0 aliphatic heterocycles. The van der Waals surface area contributed by atoms with Crippen LogP contribution in [0, 0.1) is 5.41 Å². The van der Waals surface area contributed by atoms with E-state index in [1.807, 2.05) is 20.8 Å². The van der Waals surface area contributed by atoms with Crippen LogP contribution in [0.5, 0.6) is 0 Å². The van der Waals surface area contributed by atoms with Gasteiger partial charge in [-0.1, -0.05) is 32.9 Å². The Morgan fingerprint density at radius 3 is 2.29 bits per heavy atom. The van der Waals surface area contributed by atoms with E-state index >= 15 is 0 Å². The van der Waals surface area contributed by atoms with Gasteiger partial charge >= 0.3 is 5.97 Å². The Labute approximate surface area is 123 Å². The fraction of sp³-hybridized carbons (Fsp3) is 0.375. The number of hydrogen-bond acceptors (Lipinski definition) is 5. The van der Waals surface area contributed by atoms with Gasteiger partial charge in [-0.3, -0.25) is 0 Å². The van der Waals surface area contributed by atoms with Crippen molar-refractivity contribution < 1.29 is 19.1 Å². The van der Waals surface area contributed by atoms with Crippen molar-refractivity contribution in [3.8, 4) is 0 Å². The highest BCUT2D eigenvalue weighted by Crippen LogP contribution is 2.43. The Morgan fingerprint density at radius 2 is 1.86 bits per heavy atom. The molecule has 0 spiro atoms. The number of oxazole rings is 1. The zero-order valence-corrected chi connectivity index (χ0v) is 12.6. The molecule has 0 fully saturated rings. The number of hydrogen-bond donors (Lipinski definition) is 1. The first-order valence-electron chi connectivity index (χ1n) is 6.62. The molecule has 0 amide bonds. The molecule has 5 heteroatoms. The summed E-state index contributed by atoms with van der Waals surface area (Å²) in [5.41, 5.74) is -0.925. The molecular weight excluding hydrogens is 270 g/mol. The minimum Gasteiger partial charge on any atom is -0.465 e. The van der Waals surface area contributed by atoms with E-state index in [-0.39, 0.29) is 5.89 Å². The van der Waals surface area contributed by atoms with Gasteiger partial charge in [0.25, 0.3) is 0 Å². The molecule has 0 aliphatic carbocycles. The van der Waals surface area contributed by atoms with Gasteiger partial charge in [-0.15, -0.1) is 0 Å². The Kier molecular flexibility index (Phi) is 3.87. The van der Waals surface area contributed by atoms with E-state index in [0.717, 1.165) is 0 Å². The number of aromatic nitrogens is 1. The lowest BCUT2D eigenvalue weighted by atomic mass is 9.72. The summed E-state index contributed by atoms with van der Waals surface area (Å²) in [7, 11) is 1.33. The quantitative estimate of drug-likeness (QED) is 0.880. The molecule has 1 heterocycles. The highest BCUT2D eigenvalue weighted by Gasteiger charge is 2.47. The second kappa shape index (κ2) is 5.33. The zero-order chi connectivity index (χ0) is 15.7. The third kappa shape index (κ3) is 2.56. The van der Waals surface area contributed by atoms with Crippen molar-refractivity contribution in [2.24, 2.45) is 5.41 Å². The first kappa shape index (κ1) is 15.3. The molecular formula is C16H19NO4. The first-order valence-corrected chi connectivity index (χ1v) is 6.62. The van der Waals surface area contributed by atoms with E-state index in [1.54, 1.807) is 24.3 Å². The summed E-state index contributed by atoms with van der Waals surface area (Å²) in [4.78, 5) is 15.6. The second-order valence-corrected chi connectivity index (χ2v) is 5.87. The molecule has 1 aromatic carbocycles. The minimum atomic E-state index is -1.40. The van der Waals surface area contributed by atoms with Crippen LogP contribution in [0.2, 0.25) is 0 Å². The van der Waals surface area contributed by atoms with Crippen molar-refractivity contribution in [1.82, 2.24) is 4.98 Å². The van der Waals surface area contributed by atoms with Crippen molar-refractivity contribution in [3.63, 3.8) is 0 Å². The first-order chi connectivity index (χ1) is 9.80. The summed E-state index contributed by atoms with van der Waals surface area (Å²) in [6.45, 7) is 5.68. The lowest BCUT2D eigenvalue weighted by Gasteiger charge is -2.38. The van der Waals surface area contributed by atoms with Crippen LogP contribution in [0.1, 0.15) is 42.6 Å². The Hall–Kier alpha value is -2.14. The highest BCUT2D eigenvalue weighted by molar-refractivity contribution is 5.89. The van der Waals surface area contributed by atoms with Crippen LogP contribution in [0.4, 0.5) is 0 Å². The zero-order valence-electron chi connectivity index (χ0n) is 12.6. The number of aliphatic hydroxyl groups is 1. The molecule has 2 rings (SSSR count). The van der Waals surface area contributed by atoms with Gasteiger partial charge in [0.05, 0.1) is 18.9 Å². The van der Waals surface area contributed by atoms with Gasteiger partial charge in [-0.25, -0.2) is 9.78 Å². The lowest BCUT2D eigenvalue weighted by Crippen LogP contribution is -2.41. The molecule has 0 radical (unpaired) electrons. The van der Waals surface area contributed by atoms with E-state index in [4.69, 9.17) is 4.42 Å². The monoisotopic (exact) mass is 289 g/mol. The smallest absolute Gasteiger partial charge is 0.337 e. The fourth-order valence-electron chi connectivity index (χ4n) is 2.24. The summed E-state index contributed by atoms with van der Waals surface area (Å²) >= 11 is 0. The molecule has 0 aliphatic rings. The van der Waals surface area contributed by atoms with E-state index in [2.05, 4.69) is 9.72 Å². The SMILES string of the molecule is COC(=O)c1ccc(C(O)(c2ncco2)C(C)(C)C)cc1. The Bertz CT molecular complexity index is 611. The van der Waals surface area contributed by atoms with E-state index in [9.17, 15) is 9.90 Å². The maximum atomic E-state index is 11.5. The number of carbonyl (C=O) groups excluding carboxylic acids is 1. The van der Waals surface area contributed by atoms with Gasteiger partial charge in [0, 0.05) is 5.41 Å². The molecule has 1 unspecified atom stereocenters. The van der Waals surface area contributed by atoms with Crippen LogP contribution in [-0.4, -0.2) is 23.2 Å². The third-order valence-corrected chi connectivity index (χ3v) is 3.55. The number of nitrogens with zero attached hydrogens (tertiary/aromatic N) is 1. The summed E-state index contributed by atoms with van der Waals surface area (Å²) in [6, 6.07) is 6.59. The largest absolute Gasteiger partial charge is 0.465 e. The average molecular weight is 289 g/mol. The van der Waals surface area contributed by atoms with Crippen LogP contribution in [0.25, 0.3) is 0 Å². The molecule has 1 atom stereocenters. The summed E-state index contributed by atoms with van der Waals surface area (Å²) < 4.78 is 9.99. The average Bonchev–Trinajstić information content (AvgIpc) is 2.99. The van der Waals surface area contributed by atoms with Gasteiger partial charge in [-0.2, -0.15) is 0 Å². The lowest BCUT2D eigenvalue weighted by molar-refractivity contribution is -0.0475. The maximum absolute atomic E-state index is 11.5. The second-order valence-electron chi connectivity index (χ2n) is 5.87. The number of ether oxygens (including phenoxy) is 1. The summed E-state index contributed by atoms with van der Waals surface area (Å²) in [6.07, 6.45) is 2.92. The fourth-order valence-corrected chi connectivity index (χ4v) is 2.24. The van der Waals surface area contributed by atoms with Crippen LogP contribution in [-0.2, 0) is 10.3 Å². The standard InChI is InChI=1S/C16H19NO4/c1-15(2,3)16(19,14-17-9-10-21-14)12-7-5-11(6-8-12)13(18)20-4/h5-10,19H,1-4H3. The van der Waals surface area contributed by atoms with Gasteiger partial charge in [0.1, 0.15) is 6.26 Å². The van der Waals surface area contributed by atoms with Crippen molar-refractivity contribution in [3.05, 3.63) is 53.7 Å². The molecule has 0 bridgehead atoms. The molecule has 21 heavy (non-hydrogen) atoms. The van der Waals surface area contributed by atoms with Crippen LogP contribution < -0.4 is 0 Å². The molecule has 0 saturated heterocycles. The molecule has 0 saturated carbocycles. The van der Waals surface area contributed by atoms with Gasteiger partial charge < -0.3 is 14.3 Å². The third-order valence-electron chi connectivity index (χ3n) is 3.55. The van der Waals surface area contributed by atoms with Gasteiger partial charge in [0.2, 0.25) is 5.89 Å². The number of carbonyl (C=O) groups is 1. The molecule has 112 valence electrons. The predicted molar refractivity (Wildman–Crippen MR) is 76.7 cm³/mol. The summed E-state index contributed by atoms with van der Waals surface area (Å²) in [5.74, 6) is -0.196. The predicted octanol–water partition coefficient (Wildman–Crippen LogP) is 2.74. The van der Waals surface area contributed by atoms with Crippen molar-refractivity contribution in [2.45, 2.75) is 26.4 Å². The van der Waals surface area contributed by atoms with Crippen LogP contribution >= 0.6 is 0 Å². The topological polar surface area (TPSA) is 72.6 Å². The van der Waals surface area contributed by atoms with Crippen molar-refractivity contribution in [1.29, 1.82) is 0 Å². The Morgan fingerprint density at radius 1 is 1.24 bits per heavy atom. The van der Waals surface area contributed by atoms with Gasteiger partial charge in [0.15, 0.2) is 5.60 Å². The highest BCUT2D eigenvalue weighted by atomic mass is 16.5. The van der Waals surface area contributed by atoms with Gasteiger partial charge in [-0.05, 0) is 17.7 Å². The summed E-state index contributed by atoms with van der Waals surface area (Å²) in [5, 5.41) is 11.2. The minimum absolute atomic E-state index is 0.223.